The van der Waals surface area contributed by atoms with Gasteiger partial charge in [0.1, 0.15) is 19.8 Å². The van der Waals surface area contributed by atoms with Gasteiger partial charge in [-0.3, -0.25) is 14.2 Å². The quantitative estimate of drug-likeness (QED) is 0.0195. The molecule has 0 aliphatic rings. The standard InChI is InChI=1S/C66H112NO8P/c1-6-8-10-12-14-16-18-20-22-24-26-27-28-29-30-31-32-33-34-35-36-37-38-39-41-43-45-47-49-51-53-55-57-59-66(69)75-64(63-74-76(70,71)73-61-60-67(3,4)5)62-72-65(68)58-56-54-52-50-48-46-44-42-40-25-23-21-19-17-15-13-11-9-7-2/h8,10,14-17,20-23,26-27,29-30,32-33,35-36,40,42,64H,6-7,9,11-13,18-19,24-25,28,31,34,37-39,41,43-63H2,1-5H3/b10-8-,16-14-,17-15-,22-20-,23-21-,27-26-,30-29-,33-32-,36-35-,42-40-. The minimum absolute atomic E-state index is 0.0396. The molecule has 0 rings (SSSR count). The SMILES string of the molecule is CC/C=C\C/C=C\C/C=C\C/C=C\C/C=C\C/C=C\C/C=C\CCCCCCCCCCCCCC(=O)OC(COC(=O)CCCCCCCC/C=C\C/C=C\C/C=C\CCCCC)COP(=O)([O-])OCC[N+](C)(C)C. The number of likely N-dealkylation sites (N-methyl/N-ethyl adjacent to an activating group) is 1. The second kappa shape index (κ2) is 56.1. The summed E-state index contributed by atoms with van der Waals surface area (Å²) in [5, 5.41) is 0. The Morgan fingerprint density at radius 2 is 0.750 bits per heavy atom. The first-order chi connectivity index (χ1) is 37.0. The molecule has 0 fully saturated rings. The van der Waals surface area contributed by atoms with Crippen molar-refractivity contribution in [1.82, 2.24) is 0 Å². The van der Waals surface area contributed by atoms with Crippen molar-refractivity contribution in [3.8, 4) is 0 Å². The van der Waals surface area contributed by atoms with Crippen molar-refractivity contribution in [2.75, 3.05) is 47.5 Å². The van der Waals surface area contributed by atoms with E-state index < -0.39 is 32.5 Å². The Kier molecular flexibility index (Phi) is 53.5. The van der Waals surface area contributed by atoms with Gasteiger partial charge in [-0.1, -0.05) is 232 Å². The van der Waals surface area contributed by atoms with E-state index in [1.807, 2.05) is 21.1 Å². The van der Waals surface area contributed by atoms with Crippen LogP contribution in [0, 0.1) is 0 Å². The van der Waals surface area contributed by atoms with Crippen LogP contribution < -0.4 is 4.89 Å². The Morgan fingerprint density at radius 1 is 0.421 bits per heavy atom. The Bertz CT molecular complexity index is 1700. The first-order valence-corrected chi connectivity index (χ1v) is 31.7. The molecule has 2 unspecified atom stereocenters. The number of hydrogen-bond donors (Lipinski definition) is 0. The topological polar surface area (TPSA) is 111 Å². The summed E-state index contributed by atoms with van der Waals surface area (Å²) in [7, 11) is 1.14. The fourth-order valence-corrected chi connectivity index (χ4v) is 8.55. The molecule has 0 amide bonds. The molecule has 0 saturated heterocycles. The van der Waals surface area contributed by atoms with E-state index >= 15 is 0 Å². The van der Waals surface area contributed by atoms with Crippen LogP contribution in [0.15, 0.2) is 122 Å². The van der Waals surface area contributed by atoms with Gasteiger partial charge in [0.25, 0.3) is 7.82 Å². The minimum Gasteiger partial charge on any atom is -0.756 e. The van der Waals surface area contributed by atoms with Crippen LogP contribution in [0.5, 0.6) is 0 Å². The maximum absolute atomic E-state index is 12.8. The fraction of sp³-hybridized carbons (Fsp3) is 0.667. The number of ether oxygens (including phenoxy) is 2. The van der Waals surface area contributed by atoms with Crippen molar-refractivity contribution in [1.29, 1.82) is 0 Å². The van der Waals surface area contributed by atoms with Gasteiger partial charge in [0.2, 0.25) is 0 Å². The van der Waals surface area contributed by atoms with E-state index in [-0.39, 0.29) is 26.1 Å². The number of phosphoric acid groups is 1. The molecule has 9 nitrogen and oxygen atoms in total. The van der Waals surface area contributed by atoms with Gasteiger partial charge in [-0.15, -0.1) is 0 Å². The lowest BCUT2D eigenvalue weighted by Gasteiger charge is -2.28. The zero-order valence-electron chi connectivity index (χ0n) is 49.2. The van der Waals surface area contributed by atoms with Gasteiger partial charge in [0, 0.05) is 12.8 Å². The second-order valence-corrected chi connectivity index (χ2v) is 22.4. The third-order valence-corrected chi connectivity index (χ3v) is 13.4. The van der Waals surface area contributed by atoms with Crippen LogP contribution >= 0.6 is 7.82 Å². The average molecular weight is 1080 g/mol. The molecule has 0 bridgehead atoms. The normalized spacial score (nSPS) is 14.1. The summed E-state index contributed by atoms with van der Waals surface area (Å²) in [6, 6.07) is 0. The van der Waals surface area contributed by atoms with Crippen LogP contribution in [0.25, 0.3) is 0 Å². The zero-order chi connectivity index (χ0) is 55.6. The number of carbonyl (C=O) groups is 2. The Balaban J connectivity index is 4.17. The van der Waals surface area contributed by atoms with Crippen LogP contribution in [0.1, 0.15) is 232 Å². The summed E-state index contributed by atoms with van der Waals surface area (Å²) in [5.74, 6) is -0.857. The number of rotatable bonds is 54. The van der Waals surface area contributed by atoms with Crippen LogP contribution in [-0.2, 0) is 32.7 Å². The number of nitrogens with zero attached hydrogens (tertiary/aromatic N) is 1. The third-order valence-electron chi connectivity index (χ3n) is 12.5. The molecule has 434 valence electrons. The Morgan fingerprint density at radius 3 is 1.12 bits per heavy atom. The zero-order valence-corrected chi connectivity index (χ0v) is 50.0. The fourth-order valence-electron chi connectivity index (χ4n) is 7.82. The van der Waals surface area contributed by atoms with Crippen LogP contribution in [0.4, 0.5) is 0 Å². The number of unbranched alkanes of at least 4 members (excludes halogenated alkanes) is 20. The molecule has 0 aliphatic heterocycles. The van der Waals surface area contributed by atoms with Crippen molar-refractivity contribution in [3.63, 3.8) is 0 Å². The molecule has 0 saturated carbocycles. The van der Waals surface area contributed by atoms with E-state index in [1.165, 1.54) is 70.6 Å². The van der Waals surface area contributed by atoms with Gasteiger partial charge in [0.05, 0.1) is 27.7 Å². The van der Waals surface area contributed by atoms with Crippen molar-refractivity contribution in [3.05, 3.63) is 122 Å². The maximum Gasteiger partial charge on any atom is 0.306 e. The summed E-state index contributed by atoms with van der Waals surface area (Å²) in [6.07, 6.45) is 79.6. The van der Waals surface area contributed by atoms with Gasteiger partial charge >= 0.3 is 11.9 Å². The molecular weight excluding hydrogens is 966 g/mol. The monoisotopic (exact) mass is 1080 g/mol. The predicted molar refractivity (Wildman–Crippen MR) is 323 cm³/mol. The molecule has 0 spiro atoms. The van der Waals surface area contributed by atoms with Gasteiger partial charge in [0.15, 0.2) is 6.10 Å². The minimum atomic E-state index is -4.65. The Hall–Kier alpha value is -3.59. The van der Waals surface area contributed by atoms with Gasteiger partial charge in [-0.05, 0) is 109 Å². The molecule has 2 atom stereocenters. The molecule has 0 aromatic heterocycles. The highest BCUT2D eigenvalue weighted by molar-refractivity contribution is 7.45. The number of hydrogen-bond acceptors (Lipinski definition) is 8. The van der Waals surface area contributed by atoms with E-state index in [9.17, 15) is 19.0 Å². The van der Waals surface area contributed by atoms with Crippen LogP contribution in [-0.4, -0.2) is 70.0 Å². The van der Waals surface area contributed by atoms with Crippen molar-refractivity contribution in [2.45, 2.75) is 238 Å². The predicted octanol–water partition coefficient (Wildman–Crippen LogP) is 18.5. The molecule has 0 aromatic rings. The lowest BCUT2D eigenvalue weighted by molar-refractivity contribution is -0.870. The largest absolute Gasteiger partial charge is 0.756 e. The summed E-state index contributed by atoms with van der Waals surface area (Å²) >= 11 is 0. The van der Waals surface area contributed by atoms with Crippen molar-refractivity contribution in [2.24, 2.45) is 0 Å². The lowest BCUT2D eigenvalue weighted by atomic mass is 10.0. The number of esters is 2. The highest BCUT2D eigenvalue weighted by Crippen LogP contribution is 2.38. The summed E-state index contributed by atoms with van der Waals surface area (Å²) in [6.45, 7) is 4.07. The second-order valence-electron chi connectivity index (χ2n) is 21.0. The van der Waals surface area contributed by atoms with Gasteiger partial charge in [-0.25, -0.2) is 0 Å². The molecular formula is C66H112NO8P. The summed E-state index contributed by atoms with van der Waals surface area (Å²) in [5.41, 5.74) is 0. The highest BCUT2D eigenvalue weighted by atomic mass is 31.2. The molecule has 0 heterocycles. The number of phosphoric ester groups is 1. The first kappa shape index (κ1) is 72.4. The number of quaternary nitrogens is 1. The molecule has 0 radical (unpaired) electrons. The Labute approximate surface area is 467 Å². The van der Waals surface area contributed by atoms with Crippen molar-refractivity contribution < 1.29 is 42.1 Å². The maximum atomic E-state index is 12.8. The van der Waals surface area contributed by atoms with Gasteiger partial charge in [-0.2, -0.15) is 0 Å². The van der Waals surface area contributed by atoms with E-state index in [2.05, 4.69) is 135 Å². The third kappa shape index (κ3) is 59.7. The van der Waals surface area contributed by atoms with Gasteiger partial charge < -0.3 is 27.9 Å². The van der Waals surface area contributed by atoms with E-state index in [4.69, 9.17) is 18.5 Å². The highest BCUT2D eigenvalue weighted by Gasteiger charge is 2.22. The number of carbonyl (C=O) groups excluding carboxylic acids is 2. The van der Waals surface area contributed by atoms with Crippen molar-refractivity contribution >= 4 is 19.8 Å². The van der Waals surface area contributed by atoms with E-state index in [0.29, 0.717) is 23.9 Å². The van der Waals surface area contributed by atoms with E-state index in [0.717, 1.165) is 122 Å². The molecule has 76 heavy (non-hydrogen) atoms. The smallest absolute Gasteiger partial charge is 0.306 e. The lowest BCUT2D eigenvalue weighted by Crippen LogP contribution is -2.37. The molecule has 0 N–H and O–H groups in total. The van der Waals surface area contributed by atoms with Crippen LogP contribution in [0.3, 0.4) is 0 Å². The molecule has 10 heteroatoms. The summed E-state index contributed by atoms with van der Waals surface area (Å²) < 4.78 is 34.2. The van der Waals surface area contributed by atoms with Crippen LogP contribution in [0.2, 0.25) is 0 Å². The average Bonchev–Trinajstić information content (AvgIpc) is 3.38. The van der Waals surface area contributed by atoms with E-state index in [1.54, 1.807) is 0 Å². The first-order valence-electron chi connectivity index (χ1n) is 30.2. The molecule has 0 aromatic carbocycles. The summed E-state index contributed by atoms with van der Waals surface area (Å²) in [4.78, 5) is 37.9. The number of allylic oxidation sites excluding steroid dienone is 20. The molecule has 0 aliphatic carbocycles.